The molecule has 0 amide bonds. The van der Waals surface area contributed by atoms with Crippen molar-refractivity contribution >= 4 is 38.9 Å². The fraction of sp³-hybridized carbons (Fsp3) is 0.357. The SMILES string of the molecule is CC(C)(C)c1csc(C(N)c2ccc(Br)c(Cl)c2)n1. The van der Waals surface area contributed by atoms with Crippen LogP contribution in [0.2, 0.25) is 5.02 Å². The second kappa shape index (κ2) is 5.52. The van der Waals surface area contributed by atoms with Gasteiger partial charge in [0.2, 0.25) is 0 Å². The molecule has 1 atom stereocenters. The van der Waals surface area contributed by atoms with Crippen molar-refractivity contribution in [3.63, 3.8) is 0 Å². The Labute approximate surface area is 131 Å². The van der Waals surface area contributed by atoms with Crippen LogP contribution in [0.15, 0.2) is 28.1 Å². The maximum absolute atomic E-state index is 6.27. The molecule has 2 N–H and O–H groups in total. The summed E-state index contributed by atoms with van der Waals surface area (Å²) in [7, 11) is 0. The fourth-order valence-electron chi connectivity index (χ4n) is 1.62. The number of thiazole rings is 1. The summed E-state index contributed by atoms with van der Waals surface area (Å²) in [6.45, 7) is 6.44. The van der Waals surface area contributed by atoms with E-state index < -0.39 is 0 Å². The summed E-state index contributed by atoms with van der Waals surface area (Å²) in [4.78, 5) is 4.65. The lowest BCUT2D eigenvalue weighted by Crippen LogP contribution is -2.15. The van der Waals surface area contributed by atoms with Crippen molar-refractivity contribution in [2.45, 2.75) is 32.2 Å². The van der Waals surface area contributed by atoms with E-state index in [0.29, 0.717) is 5.02 Å². The van der Waals surface area contributed by atoms with Gasteiger partial charge in [0.1, 0.15) is 5.01 Å². The number of halogens is 2. The average molecular weight is 360 g/mol. The van der Waals surface area contributed by atoms with Crippen LogP contribution in [0.25, 0.3) is 0 Å². The van der Waals surface area contributed by atoms with E-state index in [1.54, 1.807) is 11.3 Å². The molecule has 1 heterocycles. The van der Waals surface area contributed by atoms with Gasteiger partial charge in [-0.15, -0.1) is 11.3 Å². The number of nitrogens with zero attached hydrogens (tertiary/aromatic N) is 1. The Hall–Kier alpha value is -0.420. The van der Waals surface area contributed by atoms with Gasteiger partial charge in [0.15, 0.2) is 0 Å². The molecule has 0 fully saturated rings. The van der Waals surface area contributed by atoms with Crippen molar-refractivity contribution in [3.05, 3.63) is 49.3 Å². The summed E-state index contributed by atoms with van der Waals surface area (Å²) in [6.07, 6.45) is 0. The van der Waals surface area contributed by atoms with Crippen LogP contribution >= 0.6 is 38.9 Å². The molecule has 102 valence electrons. The first-order valence-electron chi connectivity index (χ1n) is 5.95. The van der Waals surface area contributed by atoms with Crippen LogP contribution in [0.1, 0.15) is 43.1 Å². The zero-order valence-corrected chi connectivity index (χ0v) is 14.2. The zero-order chi connectivity index (χ0) is 14.2. The smallest absolute Gasteiger partial charge is 0.114 e. The molecule has 2 rings (SSSR count). The Morgan fingerprint density at radius 1 is 1.37 bits per heavy atom. The van der Waals surface area contributed by atoms with Crippen molar-refractivity contribution in [1.82, 2.24) is 4.98 Å². The van der Waals surface area contributed by atoms with Gasteiger partial charge in [0.25, 0.3) is 0 Å². The molecule has 2 nitrogen and oxygen atoms in total. The van der Waals surface area contributed by atoms with Crippen LogP contribution in [-0.2, 0) is 5.41 Å². The van der Waals surface area contributed by atoms with Crippen LogP contribution < -0.4 is 5.73 Å². The van der Waals surface area contributed by atoms with E-state index in [9.17, 15) is 0 Å². The third-order valence-electron chi connectivity index (χ3n) is 2.86. The average Bonchev–Trinajstić information content (AvgIpc) is 2.81. The van der Waals surface area contributed by atoms with Gasteiger partial charge in [0, 0.05) is 15.3 Å². The third kappa shape index (κ3) is 3.37. The molecule has 0 aliphatic rings. The van der Waals surface area contributed by atoms with Crippen molar-refractivity contribution in [2.24, 2.45) is 5.73 Å². The van der Waals surface area contributed by atoms with Crippen LogP contribution in [0.3, 0.4) is 0 Å². The Balaban J connectivity index is 2.31. The Bertz CT molecular complexity index is 589. The Morgan fingerprint density at radius 2 is 2.05 bits per heavy atom. The van der Waals surface area contributed by atoms with Gasteiger partial charge in [-0.2, -0.15) is 0 Å². The monoisotopic (exact) mass is 358 g/mol. The molecule has 0 aliphatic carbocycles. The summed E-state index contributed by atoms with van der Waals surface area (Å²) >= 11 is 11.1. The molecule has 1 aromatic heterocycles. The number of aromatic nitrogens is 1. The molecule has 2 aromatic rings. The van der Waals surface area contributed by atoms with E-state index in [4.69, 9.17) is 17.3 Å². The minimum atomic E-state index is -0.230. The quantitative estimate of drug-likeness (QED) is 0.828. The van der Waals surface area contributed by atoms with Crippen molar-refractivity contribution in [1.29, 1.82) is 0 Å². The van der Waals surface area contributed by atoms with Gasteiger partial charge in [0.05, 0.1) is 16.8 Å². The zero-order valence-electron chi connectivity index (χ0n) is 11.1. The lowest BCUT2D eigenvalue weighted by atomic mass is 9.93. The lowest BCUT2D eigenvalue weighted by Gasteiger charge is -2.15. The molecule has 0 saturated heterocycles. The van der Waals surface area contributed by atoms with Gasteiger partial charge in [-0.25, -0.2) is 4.98 Å². The molecule has 1 aromatic carbocycles. The van der Waals surface area contributed by atoms with Gasteiger partial charge < -0.3 is 5.73 Å². The maximum atomic E-state index is 6.27. The van der Waals surface area contributed by atoms with E-state index >= 15 is 0 Å². The second-order valence-corrected chi connectivity index (χ2v) is 7.62. The largest absolute Gasteiger partial charge is 0.318 e. The predicted molar refractivity (Wildman–Crippen MR) is 86.0 cm³/mol. The lowest BCUT2D eigenvalue weighted by molar-refractivity contribution is 0.569. The third-order valence-corrected chi connectivity index (χ3v) is 5.02. The van der Waals surface area contributed by atoms with Gasteiger partial charge in [-0.3, -0.25) is 0 Å². The number of benzene rings is 1. The van der Waals surface area contributed by atoms with Gasteiger partial charge >= 0.3 is 0 Å². The molecule has 19 heavy (non-hydrogen) atoms. The molecule has 0 saturated carbocycles. The van der Waals surface area contributed by atoms with E-state index in [1.165, 1.54) is 0 Å². The molecular formula is C14H16BrClN2S. The normalized spacial score (nSPS) is 13.6. The highest BCUT2D eigenvalue weighted by Gasteiger charge is 2.20. The molecule has 0 aliphatic heterocycles. The molecule has 0 spiro atoms. The molecule has 1 unspecified atom stereocenters. The summed E-state index contributed by atoms with van der Waals surface area (Å²) in [6, 6.07) is 5.54. The van der Waals surface area contributed by atoms with Gasteiger partial charge in [-0.05, 0) is 33.6 Å². The number of hydrogen-bond donors (Lipinski definition) is 1. The predicted octanol–water partition coefficient (Wildman–Crippen LogP) is 4.90. The molecule has 0 radical (unpaired) electrons. The standard InChI is InChI=1S/C14H16BrClN2S/c1-14(2,3)11-7-19-13(18-11)12(17)8-4-5-9(15)10(16)6-8/h4-7,12H,17H2,1-3H3. The van der Waals surface area contributed by atoms with Crippen molar-refractivity contribution in [2.75, 3.05) is 0 Å². The van der Waals surface area contributed by atoms with E-state index in [-0.39, 0.29) is 11.5 Å². The molecule has 0 bridgehead atoms. The first-order chi connectivity index (χ1) is 8.79. The Morgan fingerprint density at radius 3 is 2.58 bits per heavy atom. The van der Waals surface area contributed by atoms with Gasteiger partial charge in [-0.1, -0.05) is 38.4 Å². The summed E-state index contributed by atoms with van der Waals surface area (Å²) in [5.41, 5.74) is 8.36. The van der Waals surface area contributed by atoms with Crippen LogP contribution in [-0.4, -0.2) is 4.98 Å². The van der Waals surface area contributed by atoms with Crippen molar-refractivity contribution < 1.29 is 0 Å². The number of rotatable bonds is 2. The highest BCUT2D eigenvalue weighted by molar-refractivity contribution is 9.10. The fourth-order valence-corrected chi connectivity index (χ4v) is 3.13. The maximum Gasteiger partial charge on any atom is 0.114 e. The summed E-state index contributed by atoms with van der Waals surface area (Å²) < 4.78 is 0.875. The highest BCUT2D eigenvalue weighted by Crippen LogP contribution is 2.31. The first kappa shape index (κ1) is 15.0. The number of hydrogen-bond acceptors (Lipinski definition) is 3. The van der Waals surface area contributed by atoms with E-state index in [1.807, 2.05) is 18.2 Å². The summed E-state index contributed by atoms with van der Waals surface area (Å²) in [5, 5.41) is 3.67. The topological polar surface area (TPSA) is 38.9 Å². The van der Waals surface area contributed by atoms with E-state index in [0.717, 1.165) is 20.7 Å². The second-order valence-electron chi connectivity index (χ2n) is 5.47. The minimum Gasteiger partial charge on any atom is -0.318 e. The van der Waals surface area contributed by atoms with Crippen LogP contribution in [0, 0.1) is 0 Å². The molecular weight excluding hydrogens is 344 g/mol. The number of nitrogens with two attached hydrogens (primary N) is 1. The molecule has 5 heteroatoms. The summed E-state index contributed by atoms with van der Waals surface area (Å²) in [5.74, 6) is 0. The Kier molecular flexibility index (Phi) is 4.35. The van der Waals surface area contributed by atoms with E-state index in [2.05, 4.69) is 47.1 Å². The van der Waals surface area contributed by atoms with Crippen molar-refractivity contribution in [3.8, 4) is 0 Å². The highest BCUT2D eigenvalue weighted by atomic mass is 79.9. The van der Waals surface area contributed by atoms with Crippen LogP contribution in [0.5, 0.6) is 0 Å². The van der Waals surface area contributed by atoms with Crippen LogP contribution in [0.4, 0.5) is 0 Å². The first-order valence-corrected chi connectivity index (χ1v) is 8.00. The minimum absolute atomic E-state index is 0.0475.